The van der Waals surface area contributed by atoms with Crippen LogP contribution >= 0.6 is 0 Å². The maximum atomic E-state index is 5.43. The van der Waals surface area contributed by atoms with Crippen LogP contribution in [0, 0.1) is 6.92 Å². The number of pyridine rings is 1. The lowest BCUT2D eigenvalue weighted by molar-refractivity contribution is 0.412. The first kappa shape index (κ1) is 13.9. The molecule has 0 radical (unpaired) electrons. The molecule has 0 amide bonds. The Morgan fingerprint density at radius 1 is 1.00 bits per heavy atom. The van der Waals surface area contributed by atoms with Crippen molar-refractivity contribution in [2.24, 2.45) is 0 Å². The van der Waals surface area contributed by atoms with E-state index in [1.165, 1.54) is 22.0 Å². The summed E-state index contributed by atoms with van der Waals surface area (Å²) in [4.78, 5) is 4.86. The van der Waals surface area contributed by atoms with E-state index in [2.05, 4.69) is 46.8 Å². The van der Waals surface area contributed by atoms with Gasteiger partial charge in [-0.05, 0) is 47.9 Å². The van der Waals surface area contributed by atoms with Gasteiger partial charge in [-0.2, -0.15) is 0 Å². The van der Waals surface area contributed by atoms with E-state index in [1.807, 2.05) is 6.07 Å². The number of aryl methyl sites for hydroxylation is 1. The van der Waals surface area contributed by atoms with Crippen molar-refractivity contribution in [3.05, 3.63) is 35.2 Å². The maximum Gasteiger partial charge on any atom is 0.122 e. The largest absolute Gasteiger partial charge is 0.496 e. The number of hydrogen-bond donors (Lipinski definition) is 0. The number of rotatable bonds is 3. The highest BCUT2D eigenvalue weighted by Gasteiger charge is 2.14. The van der Waals surface area contributed by atoms with Gasteiger partial charge in [0.05, 0.1) is 12.8 Å². The second kappa shape index (κ2) is 5.20. The van der Waals surface area contributed by atoms with Crippen LogP contribution in [-0.4, -0.2) is 12.1 Å². The normalized spacial score (nSPS) is 11.6. The highest BCUT2D eigenvalue weighted by Crippen LogP contribution is 2.33. The van der Waals surface area contributed by atoms with Crippen LogP contribution in [0.3, 0.4) is 0 Å². The Labute approximate surface area is 115 Å². The lowest BCUT2D eigenvalue weighted by atomic mass is 9.96. The van der Waals surface area contributed by atoms with Gasteiger partial charge in [0.15, 0.2) is 0 Å². The highest BCUT2D eigenvalue weighted by molar-refractivity contribution is 5.90. The lowest BCUT2D eigenvalue weighted by Gasteiger charge is -2.16. The molecule has 1 heterocycles. The van der Waals surface area contributed by atoms with Crippen molar-refractivity contribution in [3.63, 3.8) is 0 Å². The van der Waals surface area contributed by atoms with Gasteiger partial charge < -0.3 is 4.74 Å². The van der Waals surface area contributed by atoms with Gasteiger partial charge in [0, 0.05) is 11.1 Å². The average molecular weight is 257 g/mol. The van der Waals surface area contributed by atoms with Gasteiger partial charge in [-0.15, -0.1) is 0 Å². The number of benzene rings is 1. The number of fused-ring (bicyclic) bond motifs is 1. The Bertz CT molecular complexity index is 600. The van der Waals surface area contributed by atoms with E-state index >= 15 is 0 Å². The molecule has 0 aliphatic rings. The molecule has 0 fully saturated rings. The Morgan fingerprint density at radius 2 is 1.68 bits per heavy atom. The summed E-state index contributed by atoms with van der Waals surface area (Å²) in [7, 11) is 1.72. The molecule has 0 N–H and O–H groups in total. The molecular weight excluding hydrogens is 234 g/mol. The van der Waals surface area contributed by atoms with Crippen LogP contribution in [0.5, 0.6) is 5.75 Å². The zero-order valence-electron chi connectivity index (χ0n) is 12.7. The zero-order valence-corrected chi connectivity index (χ0v) is 12.7. The number of aromatic nitrogens is 1. The SMILES string of the molecule is COc1ccc2c(C(C)C)nc(C(C)C)cc2c1C. The van der Waals surface area contributed by atoms with Crippen molar-refractivity contribution in [2.75, 3.05) is 7.11 Å². The monoisotopic (exact) mass is 257 g/mol. The molecule has 19 heavy (non-hydrogen) atoms. The molecule has 102 valence electrons. The van der Waals surface area contributed by atoms with Crippen molar-refractivity contribution >= 4 is 10.8 Å². The van der Waals surface area contributed by atoms with Crippen LogP contribution in [0.15, 0.2) is 18.2 Å². The summed E-state index contributed by atoms with van der Waals surface area (Å²) in [6.07, 6.45) is 0. The van der Waals surface area contributed by atoms with E-state index in [0.717, 1.165) is 11.4 Å². The predicted molar refractivity (Wildman–Crippen MR) is 81.2 cm³/mol. The fourth-order valence-corrected chi connectivity index (χ4v) is 2.45. The first-order chi connectivity index (χ1) is 8.95. The van der Waals surface area contributed by atoms with Gasteiger partial charge in [0.2, 0.25) is 0 Å². The Kier molecular flexibility index (Phi) is 3.79. The molecule has 0 atom stereocenters. The highest BCUT2D eigenvalue weighted by atomic mass is 16.5. The van der Waals surface area contributed by atoms with Crippen LogP contribution in [0.25, 0.3) is 10.8 Å². The second-order valence-corrected chi connectivity index (χ2v) is 5.73. The third-order valence-corrected chi connectivity index (χ3v) is 3.64. The number of hydrogen-bond acceptors (Lipinski definition) is 2. The fraction of sp³-hybridized carbons (Fsp3) is 0.471. The van der Waals surface area contributed by atoms with Crippen LogP contribution < -0.4 is 4.74 Å². The molecule has 2 nitrogen and oxygen atoms in total. The second-order valence-electron chi connectivity index (χ2n) is 5.73. The van der Waals surface area contributed by atoms with Gasteiger partial charge in [0.1, 0.15) is 5.75 Å². The molecule has 2 heteroatoms. The third kappa shape index (κ3) is 2.44. The summed E-state index contributed by atoms with van der Waals surface area (Å²) in [5.41, 5.74) is 3.55. The molecule has 2 rings (SSSR count). The van der Waals surface area contributed by atoms with Gasteiger partial charge in [-0.3, -0.25) is 4.98 Å². The van der Waals surface area contributed by atoms with Gasteiger partial charge in [-0.1, -0.05) is 27.7 Å². The standard InChI is InChI=1S/C17H23NO/c1-10(2)15-9-14-12(5)16(19-6)8-7-13(14)17(18-15)11(3)4/h7-11H,1-6H3. The van der Waals surface area contributed by atoms with E-state index in [0.29, 0.717) is 11.8 Å². The molecule has 0 saturated heterocycles. The molecule has 0 aliphatic heterocycles. The average Bonchev–Trinajstić information content (AvgIpc) is 2.38. The van der Waals surface area contributed by atoms with E-state index in [9.17, 15) is 0 Å². The minimum Gasteiger partial charge on any atom is -0.496 e. The summed E-state index contributed by atoms with van der Waals surface area (Å²) in [6.45, 7) is 10.9. The van der Waals surface area contributed by atoms with E-state index in [1.54, 1.807) is 7.11 Å². The Hall–Kier alpha value is -1.57. The first-order valence-electron chi connectivity index (χ1n) is 6.93. The maximum absolute atomic E-state index is 5.43. The van der Waals surface area contributed by atoms with Crippen LogP contribution in [0.2, 0.25) is 0 Å². The summed E-state index contributed by atoms with van der Waals surface area (Å²) in [5.74, 6) is 1.81. The molecular formula is C17H23NO. The minimum absolute atomic E-state index is 0.425. The Morgan fingerprint density at radius 3 is 2.21 bits per heavy atom. The van der Waals surface area contributed by atoms with Crippen molar-refractivity contribution in [1.29, 1.82) is 0 Å². The van der Waals surface area contributed by atoms with Crippen LogP contribution in [-0.2, 0) is 0 Å². The van der Waals surface area contributed by atoms with E-state index in [-0.39, 0.29) is 0 Å². The summed E-state index contributed by atoms with van der Waals surface area (Å²) in [5, 5.41) is 2.51. The fourth-order valence-electron chi connectivity index (χ4n) is 2.45. The Balaban J connectivity index is 2.83. The van der Waals surface area contributed by atoms with Crippen LogP contribution in [0.1, 0.15) is 56.5 Å². The third-order valence-electron chi connectivity index (χ3n) is 3.64. The predicted octanol–water partition coefficient (Wildman–Crippen LogP) is 4.80. The van der Waals surface area contributed by atoms with Crippen molar-refractivity contribution in [2.45, 2.75) is 46.5 Å². The van der Waals surface area contributed by atoms with Crippen molar-refractivity contribution < 1.29 is 4.74 Å². The molecule has 0 unspecified atom stereocenters. The molecule has 2 aromatic rings. The smallest absolute Gasteiger partial charge is 0.122 e. The number of methoxy groups -OCH3 is 1. The van der Waals surface area contributed by atoms with E-state index in [4.69, 9.17) is 9.72 Å². The molecule has 0 saturated carbocycles. The quantitative estimate of drug-likeness (QED) is 0.788. The minimum atomic E-state index is 0.425. The molecule has 0 bridgehead atoms. The van der Waals surface area contributed by atoms with Gasteiger partial charge >= 0.3 is 0 Å². The first-order valence-corrected chi connectivity index (χ1v) is 6.93. The number of nitrogens with zero attached hydrogens (tertiary/aromatic N) is 1. The molecule has 0 spiro atoms. The van der Waals surface area contributed by atoms with E-state index < -0.39 is 0 Å². The molecule has 1 aromatic heterocycles. The molecule has 0 aliphatic carbocycles. The van der Waals surface area contributed by atoms with Crippen molar-refractivity contribution in [3.8, 4) is 5.75 Å². The summed E-state index contributed by atoms with van der Waals surface area (Å²) < 4.78 is 5.43. The van der Waals surface area contributed by atoms with Crippen LogP contribution in [0.4, 0.5) is 0 Å². The zero-order chi connectivity index (χ0) is 14.2. The summed E-state index contributed by atoms with van der Waals surface area (Å²) in [6, 6.07) is 6.39. The molecule has 1 aromatic carbocycles. The summed E-state index contributed by atoms with van der Waals surface area (Å²) >= 11 is 0. The number of ether oxygens (including phenoxy) is 1. The van der Waals surface area contributed by atoms with Crippen molar-refractivity contribution in [1.82, 2.24) is 4.98 Å². The van der Waals surface area contributed by atoms with Gasteiger partial charge in [-0.25, -0.2) is 0 Å². The topological polar surface area (TPSA) is 22.1 Å². The lowest BCUT2D eigenvalue weighted by Crippen LogP contribution is -2.02. The van der Waals surface area contributed by atoms with Gasteiger partial charge in [0.25, 0.3) is 0 Å².